The van der Waals surface area contributed by atoms with Crippen LogP contribution in [0.1, 0.15) is 33.9 Å². The molecule has 1 aliphatic rings. The molecule has 2 heterocycles. The number of rotatable bonds is 6. The van der Waals surface area contributed by atoms with Gasteiger partial charge in [0.1, 0.15) is 0 Å². The lowest BCUT2D eigenvalue weighted by atomic mass is 9.85. The van der Waals surface area contributed by atoms with Crippen molar-refractivity contribution in [2.24, 2.45) is 5.92 Å². The van der Waals surface area contributed by atoms with Crippen molar-refractivity contribution in [1.29, 1.82) is 0 Å². The Kier molecular flexibility index (Phi) is 6.14. The largest absolute Gasteiger partial charge is 0.302 e. The molecule has 0 bridgehead atoms. The molecule has 4 nitrogen and oxygen atoms in total. The van der Waals surface area contributed by atoms with Crippen LogP contribution in [-0.2, 0) is 17.6 Å². The molecule has 0 aliphatic heterocycles. The molecule has 3 aromatic carbocycles. The zero-order valence-corrected chi connectivity index (χ0v) is 20.5. The highest BCUT2D eigenvalue weighted by molar-refractivity contribution is 7.13. The highest BCUT2D eigenvalue weighted by atomic mass is 32.1. The van der Waals surface area contributed by atoms with E-state index in [1.54, 1.807) is 12.4 Å². The standard InChI is InChI=1S/C31H25N3OS/c35-30(28-19-25-8-4-5-9-27(25)29(28)24-6-2-1-3-7-24)34-31-33-26(20-36-31)18-21-10-12-22(13-11-21)23-14-16-32-17-15-23/h1-17,20,28-29H,18-19H2,(H,33,34,35)/t28-,29+/m1/s1. The maximum atomic E-state index is 13.5. The highest BCUT2D eigenvalue weighted by Crippen LogP contribution is 2.43. The fourth-order valence-electron chi connectivity index (χ4n) is 5.12. The Hall–Kier alpha value is -4.09. The molecule has 0 radical (unpaired) electrons. The zero-order valence-electron chi connectivity index (χ0n) is 19.7. The molecule has 2 aromatic heterocycles. The van der Waals surface area contributed by atoms with Gasteiger partial charge in [-0.3, -0.25) is 9.78 Å². The van der Waals surface area contributed by atoms with E-state index < -0.39 is 0 Å². The summed E-state index contributed by atoms with van der Waals surface area (Å²) in [5.41, 5.74) is 8.14. The fourth-order valence-corrected chi connectivity index (χ4v) is 5.84. The van der Waals surface area contributed by atoms with Gasteiger partial charge in [-0.05, 0) is 51.9 Å². The summed E-state index contributed by atoms with van der Waals surface area (Å²) in [5, 5.41) is 5.81. The average molecular weight is 488 g/mol. The minimum absolute atomic E-state index is 0.0302. The van der Waals surface area contributed by atoms with Crippen molar-refractivity contribution in [2.45, 2.75) is 18.8 Å². The molecule has 6 rings (SSSR count). The van der Waals surface area contributed by atoms with Crippen molar-refractivity contribution in [1.82, 2.24) is 9.97 Å². The molecule has 2 atom stereocenters. The van der Waals surface area contributed by atoms with Crippen molar-refractivity contribution in [2.75, 3.05) is 5.32 Å². The Bertz CT molecular complexity index is 1480. The molecular formula is C31H25N3OS. The average Bonchev–Trinajstić information content (AvgIpc) is 3.54. The quantitative estimate of drug-likeness (QED) is 0.289. The predicted octanol–water partition coefficient (Wildman–Crippen LogP) is 6.74. The van der Waals surface area contributed by atoms with Gasteiger partial charge in [0.15, 0.2) is 5.13 Å². The molecule has 1 N–H and O–H groups in total. The van der Waals surface area contributed by atoms with Crippen LogP contribution in [0.4, 0.5) is 5.13 Å². The molecule has 176 valence electrons. The van der Waals surface area contributed by atoms with E-state index in [9.17, 15) is 4.79 Å². The second kappa shape index (κ2) is 9.88. The molecule has 5 heteroatoms. The van der Waals surface area contributed by atoms with E-state index in [-0.39, 0.29) is 17.7 Å². The summed E-state index contributed by atoms with van der Waals surface area (Å²) in [6, 6.07) is 31.3. The summed E-state index contributed by atoms with van der Waals surface area (Å²) >= 11 is 1.49. The fraction of sp³-hybridized carbons (Fsp3) is 0.129. The van der Waals surface area contributed by atoms with Crippen LogP contribution >= 0.6 is 11.3 Å². The maximum absolute atomic E-state index is 13.5. The molecular weight excluding hydrogens is 462 g/mol. The Morgan fingerprint density at radius 1 is 0.861 bits per heavy atom. The molecule has 0 spiro atoms. The third-order valence-corrected chi connectivity index (χ3v) is 7.67. The summed E-state index contributed by atoms with van der Waals surface area (Å²) in [6.07, 6.45) is 5.08. The third-order valence-electron chi connectivity index (χ3n) is 6.86. The number of fused-ring (bicyclic) bond motifs is 1. The smallest absolute Gasteiger partial charge is 0.230 e. The SMILES string of the molecule is O=C(Nc1nc(Cc2ccc(-c3ccncc3)cc2)cs1)[C@@H]1Cc2ccccc2[C@@H]1c1ccccc1. The molecule has 1 aliphatic carbocycles. The van der Waals surface area contributed by atoms with Gasteiger partial charge >= 0.3 is 0 Å². The lowest BCUT2D eigenvalue weighted by Crippen LogP contribution is -2.26. The van der Waals surface area contributed by atoms with E-state index in [0.717, 1.165) is 29.7 Å². The number of pyridine rings is 1. The Morgan fingerprint density at radius 2 is 1.58 bits per heavy atom. The normalized spacial score (nSPS) is 16.4. The summed E-state index contributed by atoms with van der Waals surface area (Å²) in [5.74, 6) is -0.0683. The van der Waals surface area contributed by atoms with Crippen molar-refractivity contribution < 1.29 is 4.79 Å². The van der Waals surface area contributed by atoms with E-state index >= 15 is 0 Å². The molecule has 0 saturated carbocycles. The van der Waals surface area contributed by atoms with Crippen LogP contribution < -0.4 is 5.32 Å². The molecule has 1 amide bonds. The maximum Gasteiger partial charge on any atom is 0.230 e. The second-order valence-corrected chi connectivity index (χ2v) is 10.00. The number of nitrogens with zero attached hydrogens (tertiary/aromatic N) is 2. The van der Waals surface area contributed by atoms with Crippen molar-refractivity contribution >= 4 is 22.4 Å². The van der Waals surface area contributed by atoms with Crippen molar-refractivity contribution in [3.05, 3.63) is 137 Å². The first kappa shape index (κ1) is 22.4. The van der Waals surface area contributed by atoms with Crippen LogP contribution in [0.2, 0.25) is 0 Å². The van der Waals surface area contributed by atoms with Gasteiger partial charge in [-0.25, -0.2) is 4.98 Å². The van der Waals surface area contributed by atoms with Crippen LogP contribution in [0.15, 0.2) is 109 Å². The minimum Gasteiger partial charge on any atom is -0.302 e. The van der Waals surface area contributed by atoms with Crippen LogP contribution in [0.25, 0.3) is 11.1 Å². The van der Waals surface area contributed by atoms with Gasteiger partial charge in [0.25, 0.3) is 0 Å². The Morgan fingerprint density at radius 3 is 2.39 bits per heavy atom. The molecule has 36 heavy (non-hydrogen) atoms. The number of hydrogen-bond acceptors (Lipinski definition) is 4. The lowest BCUT2D eigenvalue weighted by Gasteiger charge is -2.20. The van der Waals surface area contributed by atoms with E-state index in [1.807, 2.05) is 35.7 Å². The van der Waals surface area contributed by atoms with Gasteiger partial charge in [0.2, 0.25) is 5.91 Å². The van der Waals surface area contributed by atoms with Gasteiger partial charge < -0.3 is 5.32 Å². The first-order valence-corrected chi connectivity index (χ1v) is 13.0. The molecule has 0 fully saturated rings. The number of carbonyl (C=O) groups is 1. The van der Waals surface area contributed by atoms with Gasteiger partial charge in [-0.1, -0.05) is 78.9 Å². The number of hydrogen-bond donors (Lipinski definition) is 1. The number of thiazole rings is 1. The number of nitrogens with one attached hydrogen (secondary N) is 1. The number of amides is 1. The van der Waals surface area contributed by atoms with Gasteiger partial charge in [-0.2, -0.15) is 0 Å². The summed E-state index contributed by atoms with van der Waals surface area (Å²) in [4.78, 5) is 22.3. The summed E-state index contributed by atoms with van der Waals surface area (Å²) in [6.45, 7) is 0. The van der Waals surface area contributed by atoms with E-state index in [4.69, 9.17) is 4.98 Å². The van der Waals surface area contributed by atoms with Crippen LogP contribution in [0, 0.1) is 5.92 Å². The first-order chi connectivity index (χ1) is 17.7. The topological polar surface area (TPSA) is 54.9 Å². The molecule has 0 unspecified atom stereocenters. The van der Waals surface area contributed by atoms with E-state index in [1.165, 1.54) is 33.6 Å². The number of benzene rings is 3. The highest BCUT2D eigenvalue weighted by Gasteiger charge is 2.38. The Balaban J connectivity index is 1.15. The zero-order chi connectivity index (χ0) is 24.3. The summed E-state index contributed by atoms with van der Waals surface area (Å²) < 4.78 is 0. The predicted molar refractivity (Wildman–Crippen MR) is 145 cm³/mol. The number of aromatic nitrogens is 2. The van der Waals surface area contributed by atoms with Crippen molar-refractivity contribution in [3.8, 4) is 11.1 Å². The van der Waals surface area contributed by atoms with Crippen LogP contribution in [-0.4, -0.2) is 15.9 Å². The van der Waals surface area contributed by atoms with Crippen LogP contribution in [0.3, 0.4) is 0 Å². The number of carbonyl (C=O) groups excluding carboxylic acids is 1. The summed E-state index contributed by atoms with van der Waals surface area (Å²) in [7, 11) is 0. The van der Waals surface area contributed by atoms with E-state index in [0.29, 0.717) is 5.13 Å². The molecule has 0 saturated heterocycles. The van der Waals surface area contributed by atoms with Gasteiger partial charge in [0, 0.05) is 30.1 Å². The number of anilines is 1. The lowest BCUT2D eigenvalue weighted by molar-refractivity contribution is -0.120. The van der Waals surface area contributed by atoms with Gasteiger partial charge in [-0.15, -0.1) is 11.3 Å². The first-order valence-electron chi connectivity index (χ1n) is 12.1. The van der Waals surface area contributed by atoms with Crippen molar-refractivity contribution in [3.63, 3.8) is 0 Å². The second-order valence-electron chi connectivity index (χ2n) is 9.14. The monoisotopic (exact) mass is 487 g/mol. The third kappa shape index (κ3) is 4.58. The van der Waals surface area contributed by atoms with Gasteiger partial charge in [0.05, 0.1) is 11.6 Å². The molecule has 5 aromatic rings. The minimum atomic E-state index is -0.155. The van der Waals surface area contributed by atoms with Crippen LogP contribution in [0.5, 0.6) is 0 Å². The Labute approximate surface area is 214 Å². The van der Waals surface area contributed by atoms with E-state index in [2.05, 4.69) is 71.0 Å².